The average Bonchev–Trinajstić information content (AvgIpc) is 3.59. The Kier molecular flexibility index (Phi) is 4.25. The van der Waals surface area contributed by atoms with Gasteiger partial charge in [-0.15, -0.1) is 0 Å². The lowest BCUT2D eigenvalue weighted by atomic mass is 10.1. The molecule has 2 fully saturated rings. The molecule has 0 saturated carbocycles. The minimum Gasteiger partial charge on any atom is -0.491 e. The maximum absolute atomic E-state index is 13.7. The van der Waals surface area contributed by atoms with Gasteiger partial charge in [0.1, 0.15) is 36.9 Å². The molecule has 0 amide bonds. The van der Waals surface area contributed by atoms with E-state index in [-0.39, 0.29) is 12.2 Å². The second-order valence-corrected chi connectivity index (χ2v) is 9.18. The van der Waals surface area contributed by atoms with Gasteiger partial charge in [-0.2, -0.15) is 0 Å². The molecule has 2 aromatic rings. The predicted molar refractivity (Wildman–Crippen MR) is 101 cm³/mol. The van der Waals surface area contributed by atoms with Gasteiger partial charge in [-0.1, -0.05) is 0 Å². The average molecular weight is 388 g/mol. The van der Waals surface area contributed by atoms with Gasteiger partial charge in [0.15, 0.2) is 0 Å². The van der Waals surface area contributed by atoms with Crippen molar-refractivity contribution >= 4 is 18.0 Å². The molecule has 5 rings (SSSR count). The van der Waals surface area contributed by atoms with Crippen LogP contribution in [0.15, 0.2) is 36.4 Å². The third kappa shape index (κ3) is 3.27. The van der Waals surface area contributed by atoms with E-state index in [0.29, 0.717) is 19.8 Å². The highest BCUT2D eigenvalue weighted by Crippen LogP contribution is 2.54. The number of hydrogen-bond donors (Lipinski definition) is 0. The van der Waals surface area contributed by atoms with Crippen LogP contribution in [0.2, 0.25) is 0 Å². The fraction of sp³-hybridized carbons (Fsp3) is 0.400. The maximum atomic E-state index is 13.7. The summed E-state index contributed by atoms with van der Waals surface area (Å²) in [6.07, 6.45) is 0.370. The van der Waals surface area contributed by atoms with Gasteiger partial charge in [-0.25, -0.2) is 0 Å². The Labute approximate surface area is 157 Å². The molecule has 0 bridgehead atoms. The molecule has 3 heterocycles. The number of ether oxygens (including phenoxy) is 4. The van der Waals surface area contributed by atoms with E-state index in [2.05, 4.69) is 0 Å². The van der Waals surface area contributed by atoms with Crippen LogP contribution in [0, 0.1) is 0 Å². The lowest BCUT2D eigenvalue weighted by Crippen LogP contribution is -2.13. The largest absolute Gasteiger partial charge is 0.491 e. The topological polar surface area (TPSA) is 69.8 Å². The van der Waals surface area contributed by atoms with Crippen molar-refractivity contribution in [3.63, 3.8) is 0 Å². The summed E-state index contributed by atoms with van der Waals surface area (Å²) in [6, 6.07) is 11.3. The Morgan fingerprint density at radius 3 is 1.81 bits per heavy atom. The van der Waals surface area contributed by atoms with E-state index < -0.39 is 7.37 Å². The summed E-state index contributed by atoms with van der Waals surface area (Å²) in [4.78, 5) is 0. The van der Waals surface area contributed by atoms with Gasteiger partial charge in [0.2, 0.25) is 0 Å². The van der Waals surface area contributed by atoms with Crippen LogP contribution < -0.4 is 20.1 Å². The van der Waals surface area contributed by atoms with Crippen LogP contribution >= 0.6 is 7.37 Å². The van der Waals surface area contributed by atoms with Gasteiger partial charge >= 0.3 is 0 Å². The van der Waals surface area contributed by atoms with E-state index in [1.807, 2.05) is 43.3 Å². The molecule has 0 aliphatic carbocycles. The molecule has 2 unspecified atom stereocenters. The smallest absolute Gasteiger partial charge is 0.262 e. The summed E-state index contributed by atoms with van der Waals surface area (Å²) in [5.41, 5.74) is 1.76. The highest BCUT2D eigenvalue weighted by atomic mass is 31.2. The molecule has 2 atom stereocenters. The van der Waals surface area contributed by atoms with Gasteiger partial charge < -0.3 is 23.5 Å². The molecule has 2 saturated heterocycles. The minimum absolute atomic E-state index is 0.185. The Balaban J connectivity index is 1.51. The van der Waals surface area contributed by atoms with Gasteiger partial charge in [-0.3, -0.25) is 4.57 Å². The molecule has 0 aromatic heterocycles. The van der Waals surface area contributed by atoms with Crippen LogP contribution in [-0.2, 0) is 18.6 Å². The Morgan fingerprint density at radius 2 is 1.41 bits per heavy atom. The van der Waals surface area contributed by atoms with E-state index in [4.69, 9.17) is 23.5 Å². The molecule has 0 spiro atoms. The van der Waals surface area contributed by atoms with E-state index in [1.54, 1.807) is 0 Å². The van der Waals surface area contributed by atoms with Crippen LogP contribution in [0.25, 0.3) is 11.1 Å². The fourth-order valence-corrected chi connectivity index (χ4v) is 5.76. The number of epoxide rings is 2. The Morgan fingerprint density at radius 1 is 0.926 bits per heavy atom. The first-order valence-corrected chi connectivity index (χ1v) is 10.8. The molecule has 6 nitrogen and oxygen atoms in total. The molecule has 0 N–H and O–H groups in total. The normalized spacial score (nSPS) is 27.0. The summed E-state index contributed by atoms with van der Waals surface area (Å²) in [6.45, 7) is 4.79. The molecule has 27 heavy (non-hydrogen) atoms. The summed E-state index contributed by atoms with van der Waals surface area (Å²) in [7, 11) is -3.10. The standard InChI is InChI=1S/C20H21O6P/c1-2-26-27(21)19-5-3-13(22-9-15-11-24-15)7-17(19)18-8-14(4-6-20(18)27)23-10-16-12-25-16/h3-8,15-16H,2,9-12H2,1H3. The number of fused-ring (bicyclic) bond motifs is 3. The molecule has 0 radical (unpaired) electrons. The number of rotatable bonds is 8. The van der Waals surface area contributed by atoms with Crippen LogP contribution in [0.5, 0.6) is 11.5 Å². The van der Waals surface area contributed by atoms with E-state index in [0.717, 1.165) is 46.4 Å². The summed E-state index contributed by atoms with van der Waals surface area (Å²) in [5, 5.41) is 1.44. The first-order chi connectivity index (χ1) is 13.2. The molecule has 3 aliphatic heterocycles. The quantitative estimate of drug-likeness (QED) is 0.511. The highest BCUT2D eigenvalue weighted by Gasteiger charge is 2.40. The van der Waals surface area contributed by atoms with Crippen molar-refractivity contribution in [3.8, 4) is 22.6 Å². The third-order valence-electron chi connectivity index (χ3n) is 4.85. The Bertz CT molecular complexity index is 849. The molecule has 7 heteroatoms. The van der Waals surface area contributed by atoms with Crippen LogP contribution in [0.1, 0.15) is 6.92 Å². The molecule has 142 valence electrons. The summed E-state index contributed by atoms with van der Waals surface area (Å²) < 4.78 is 41.5. The van der Waals surface area contributed by atoms with Crippen molar-refractivity contribution in [2.75, 3.05) is 33.0 Å². The predicted octanol–water partition coefficient (Wildman–Crippen LogP) is 2.49. The molecule has 3 aliphatic rings. The van der Waals surface area contributed by atoms with Crippen molar-refractivity contribution < 1.29 is 28.0 Å². The monoisotopic (exact) mass is 388 g/mol. The lowest BCUT2D eigenvalue weighted by Gasteiger charge is -2.15. The zero-order valence-corrected chi connectivity index (χ0v) is 15.9. The number of hydrogen-bond acceptors (Lipinski definition) is 6. The maximum Gasteiger partial charge on any atom is 0.262 e. The zero-order valence-electron chi connectivity index (χ0n) is 15.1. The lowest BCUT2D eigenvalue weighted by molar-refractivity contribution is 0.263. The molecular weight excluding hydrogens is 367 g/mol. The SMILES string of the molecule is CCOP1(=O)c2ccc(OCC3CO3)cc2-c2cc(OCC3CO3)ccc21. The molecule has 2 aromatic carbocycles. The van der Waals surface area contributed by atoms with E-state index >= 15 is 0 Å². The second kappa shape index (κ2) is 6.64. The van der Waals surface area contributed by atoms with E-state index in [9.17, 15) is 4.57 Å². The second-order valence-electron chi connectivity index (χ2n) is 6.86. The summed E-state index contributed by atoms with van der Waals surface area (Å²) >= 11 is 0. The zero-order chi connectivity index (χ0) is 18.4. The van der Waals surface area contributed by atoms with Crippen molar-refractivity contribution in [1.82, 2.24) is 0 Å². The van der Waals surface area contributed by atoms with Crippen molar-refractivity contribution in [1.29, 1.82) is 0 Å². The van der Waals surface area contributed by atoms with Crippen LogP contribution in [-0.4, -0.2) is 45.2 Å². The van der Waals surface area contributed by atoms with E-state index in [1.165, 1.54) is 0 Å². The first kappa shape index (κ1) is 17.3. The molecular formula is C20H21O6P. The van der Waals surface area contributed by atoms with Gasteiger partial charge in [0.25, 0.3) is 7.37 Å². The van der Waals surface area contributed by atoms with Gasteiger partial charge in [0, 0.05) is 10.6 Å². The first-order valence-electron chi connectivity index (χ1n) is 9.20. The van der Waals surface area contributed by atoms with Gasteiger partial charge in [-0.05, 0) is 54.4 Å². The van der Waals surface area contributed by atoms with Gasteiger partial charge in [0.05, 0.1) is 19.8 Å². The van der Waals surface area contributed by atoms with Crippen molar-refractivity contribution in [2.45, 2.75) is 19.1 Å². The Hall–Kier alpha value is -1.85. The van der Waals surface area contributed by atoms with Crippen molar-refractivity contribution in [2.24, 2.45) is 0 Å². The van der Waals surface area contributed by atoms with Crippen molar-refractivity contribution in [3.05, 3.63) is 36.4 Å². The fourth-order valence-electron chi connectivity index (χ4n) is 3.31. The summed E-state index contributed by atoms with van der Waals surface area (Å²) in [5.74, 6) is 1.47. The van der Waals surface area contributed by atoms with Crippen LogP contribution in [0.4, 0.5) is 0 Å². The van der Waals surface area contributed by atoms with Crippen LogP contribution in [0.3, 0.4) is 0 Å². The third-order valence-corrected chi connectivity index (χ3v) is 7.52. The number of benzene rings is 2. The minimum atomic E-state index is -3.10. The highest BCUT2D eigenvalue weighted by molar-refractivity contribution is 7.75.